The summed E-state index contributed by atoms with van der Waals surface area (Å²) >= 11 is 6.53. The van der Waals surface area contributed by atoms with E-state index < -0.39 is 0 Å². The molecule has 20 heavy (non-hydrogen) atoms. The van der Waals surface area contributed by atoms with Crippen molar-refractivity contribution in [3.63, 3.8) is 0 Å². The highest BCUT2D eigenvalue weighted by Crippen LogP contribution is 2.35. The summed E-state index contributed by atoms with van der Waals surface area (Å²) in [6.07, 6.45) is 4.98. The molecule has 2 aromatic heterocycles. The van der Waals surface area contributed by atoms with Crippen molar-refractivity contribution in [1.82, 2.24) is 4.98 Å². The Hall–Kier alpha value is -1.92. The molecule has 0 radical (unpaired) electrons. The van der Waals surface area contributed by atoms with Crippen molar-refractivity contribution < 1.29 is 9.21 Å². The number of thiocarbonyl (C=S) groups is 1. The predicted octanol–water partition coefficient (Wildman–Crippen LogP) is 3.39. The van der Waals surface area contributed by atoms with E-state index in [0.717, 1.165) is 5.76 Å². The molecule has 0 aromatic carbocycles. The first-order valence-corrected chi connectivity index (χ1v) is 7.12. The van der Waals surface area contributed by atoms with Crippen LogP contribution in [-0.2, 0) is 4.79 Å². The second kappa shape index (κ2) is 5.22. The van der Waals surface area contributed by atoms with Gasteiger partial charge in [0.15, 0.2) is 4.32 Å². The molecule has 1 aliphatic heterocycles. The number of pyridine rings is 1. The normalized spacial score (nSPS) is 17.2. The molecular formula is C14H10N2O2S2. The number of aryl methyl sites for hydroxylation is 1. The molecule has 3 heterocycles. The van der Waals surface area contributed by atoms with Crippen LogP contribution in [0.15, 0.2) is 46.0 Å². The zero-order valence-corrected chi connectivity index (χ0v) is 12.2. The minimum Gasteiger partial charge on any atom is -0.462 e. The molecular weight excluding hydrogens is 292 g/mol. The number of aromatic nitrogens is 1. The Morgan fingerprint density at radius 2 is 2.25 bits per heavy atom. The number of hydrogen-bond donors (Lipinski definition) is 0. The Labute approximate surface area is 125 Å². The first kappa shape index (κ1) is 13.1. The van der Waals surface area contributed by atoms with Crippen molar-refractivity contribution in [2.45, 2.75) is 6.92 Å². The summed E-state index contributed by atoms with van der Waals surface area (Å²) in [5.41, 5.74) is 0.675. The van der Waals surface area contributed by atoms with Crippen LogP contribution >= 0.6 is 24.0 Å². The molecule has 1 aliphatic rings. The predicted molar refractivity (Wildman–Crippen MR) is 83.3 cm³/mol. The van der Waals surface area contributed by atoms with E-state index in [4.69, 9.17) is 16.6 Å². The Bertz CT molecular complexity index is 707. The fourth-order valence-electron chi connectivity index (χ4n) is 1.84. The van der Waals surface area contributed by atoms with Gasteiger partial charge in [0.05, 0.1) is 16.8 Å². The standard InChI is InChI=1S/C14H10N2O2S2/c1-9-4-5-11(18-9)7-12-13(17)16(14(19)20-12)10-3-2-6-15-8-10/h2-8H,1H3/b12-7+. The van der Waals surface area contributed by atoms with Crippen LogP contribution in [0.3, 0.4) is 0 Å². The van der Waals surface area contributed by atoms with Crippen molar-refractivity contribution in [3.8, 4) is 0 Å². The minimum absolute atomic E-state index is 0.151. The van der Waals surface area contributed by atoms with Crippen LogP contribution in [-0.4, -0.2) is 15.2 Å². The SMILES string of the molecule is Cc1ccc(/C=C2/SC(=S)N(c3cccnc3)C2=O)o1. The minimum atomic E-state index is -0.151. The molecule has 4 nitrogen and oxygen atoms in total. The van der Waals surface area contributed by atoms with Crippen molar-refractivity contribution >= 4 is 46.0 Å². The van der Waals surface area contributed by atoms with Crippen LogP contribution in [0.1, 0.15) is 11.5 Å². The van der Waals surface area contributed by atoms with Crippen molar-refractivity contribution in [1.29, 1.82) is 0 Å². The lowest BCUT2D eigenvalue weighted by atomic mass is 10.3. The number of furan rings is 1. The molecule has 2 aromatic rings. The fraction of sp³-hybridized carbons (Fsp3) is 0.0714. The molecule has 3 rings (SSSR count). The molecule has 0 bridgehead atoms. The first-order valence-electron chi connectivity index (χ1n) is 5.89. The van der Waals surface area contributed by atoms with E-state index in [9.17, 15) is 4.79 Å². The van der Waals surface area contributed by atoms with Gasteiger partial charge in [-0.3, -0.25) is 14.7 Å². The Kier molecular flexibility index (Phi) is 3.42. The summed E-state index contributed by atoms with van der Waals surface area (Å²) in [6.45, 7) is 1.86. The molecule has 1 amide bonds. The van der Waals surface area contributed by atoms with Gasteiger partial charge in [0.25, 0.3) is 5.91 Å². The Morgan fingerprint density at radius 1 is 1.40 bits per heavy atom. The van der Waals surface area contributed by atoms with E-state index in [1.807, 2.05) is 19.1 Å². The number of thioether (sulfide) groups is 1. The molecule has 100 valence electrons. The second-order valence-electron chi connectivity index (χ2n) is 4.18. The second-order valence-corrected chi connectivity index (χ2v) is 5.85. The largest absolute Gasteiger partial charge is 0.462 e. The van der Waals surface area contributed by atoms with E-state index in [1.165, 1.54) is 16.7 Å². The van der Waals surface area contributed by atoms with Gasteiger partial charge in [-0.15, -0.1) is 0 Å². The molecule has 0 unspecified atom stereocenters. The topological polar surface area (TPSA) is 46.3 Å². The average molecular weight is 302 g/mol. The van der Waals surface area contributed by atoms with Gasteiger partial charge in [0.1, 0.15) is 11.5 Å². The summed E-state index contributed by atoms with van der Waals surface area (Å²) < 4.78 is 5.95. The van der Waals surface area contributed by atoms with Gasteiger partial charge in [0.2, 0.25) is 0 Å². The van der Waals surface area contributed by atoms with Crippen LogP contribution in [0.4, 0.5) is 5.69 Å². The van der Waals surface area contributed by atoms with E-state index in [-0.39, 0.29) is 5.91 Å². The highest BCUT2D eigenvalue weighted by atomic mass is 32.2. The number of rotatable bonds is 2. The zero-order chi connectivity index (χ0) is 14.1. The van der Waals surface area contributed by atoms with Gasteiger partial charge in [-0.25, -0.2) is 0 Å². The van der Waals surface area contributed by atoms with Gasteiger partial charge in [-0.1, -0.05) is 24.0 Å². The summed E-state index contributed by atoms with van der Waals surface area (Å²) in [4.78, 5) is 18.4. The third-order valence-corrected chi connectivity index (χ3v) is 4.03. The molecule has 6 heteroatoms. The monoisotopic (exact) mass is 302 g/mol. The highest BCUT2D eigenvalue weighted by molar-refractivity contribution is 8.27. The van der Waals surface area contributed by atoms with Gasteiger partial charge >= 0.3 is 0 Å². The number of hydrogen-bond acceptors (Lipinski definition) is 5. The van der Waals surface area contributed by atoms with E-state index >= 15 is 0 Å². The average Bonchev–Trinajstić information content (AvgIpc) is 2.96. The van der Waals surface area contributed by atoms with E-state index in [0.29, 0.717) is 20.7 Å². The maximum Gasteiger partial charge on any atom is 0.270 e. The van der Waals surface area contributed by atoms with Crippen LogP contribution < -0.4 is 4.90 Å². The molecule has 0 aliphatic carbocycles. The third kappa shape index (κ3) is 2.39. The number of anilines is 1. The summed E-state index contributed by atoms with van der Waals surface area (Å²) in [7, 11) is 0. The summed E-state index contributed by atoms with van der Waals surface area (Å²) in [5.74, 6) is 1.30. The molecule has 0 saturated carbocycles. The first-order chi connectivity index (χ1) is 9.65. The lowest BCUT2D eigenvalue weighted by molar-refractivity contribution is -0.113. The lowest BCUT2D eigenvalue weighted by Crippen LogP contribution is -2.27. The van der Waals surface area contributed by atoms with Gasteiger partial charge in [0, 0.05) is 12.3 Å². The fourth-order valence-corrected chi connectivity index (χ4v) is 3.12. The van der Waals surface area contributed by atoms with Crippen LogP contribution in [0, 0.1) is 6.92 Å². The highest BCUT2D eigenvalue weighted by Gasteiger charge is 2.33. The molecule has 0 N–H and O–H groups in total. The zero-order valence-electron chi connectivity index (χ0n) is 10.6. The smallest absolute Gasteiger partial charge is 0.270 e. The van der Waals surface area contributed by atoms with Gasteiger partial charge < -0.3 is 4.42 Å². The Morgan fingerprint density at radius 3 is 2.90 bits per heavy atom. The molecule has 0 spiro atoms. The van der Waals surface area contributed by atoms with Gasteiger partial charge in [-0.2, -0.15) is 0 Å². The number of carbonyl (C=O) groups is 1. The van der Waals surface area contributed by atoms with Gasteiger partial charge in [-0.05, 0) is 31.2 Å². The molecule has 1 fully saturated rings. The molecule has 0 atom stereocenters. The van der Waals surface area contributed by atoms with E-state index in [2.05, 4.69) is 4.98 Å². The van der Waals surface area contributed by atoms with E-state index in [1.54, 1.807) is 30.6 Å². The maximum absolute atomic E-state index is 12.4. The number of amides is 1. The third-order valence-electron chi connectivity index (χ3n) is 2.73. The maximum atomic E-state index is 12.4. The Balaban J connectivity index is 1.93. The quantitative estimate of drug-likeness (QED) is 0.628. The van der Waals surface area contributed by atoms with Crippen LogP contribution in [0.25, 0.3) is 6.08 Å². The van der Waals surface area contributed by atoms with Crippen molar-refractivity contribution in [3.05, 3.63) is 53.1 Å². The van der Waals surface area contributed by atoms with Crippen molar-refractivity contribution in [2.24, 2.45) is 0 Å². The lowest BCUT2D eigenvalue weighted by Gasteiger charge is -2.13. The summed E-state index contributed by atoms with van der Waals surface area (Å²) in [5, 5.41) is 0. The van der Waals surface area contributed by atoms with Crippen LogP contribution in [0.5, 0.6) is 0 Å². The summed E-state index contributed by atoms with van der Waals surface area (Å²) in [6, 6.07) is 7.25. The van der Waals surface area contributed by atoms with Crippen LogP contribution in [0.2, 0.25) is 0 Å². The molecule has 1 saturated heterocycles. The van der Waals surface area contributed by atoms with Crippen molar-refractivity contribution in [2.75, 3.05) is 4.90 Å². The number of nitrogens with zero attached hydrogens (tertiary/aromatic N) is 2. The number of carbonyl (C=O) groups excluding carboxylic acids is 1.